The standard InChI is InChI=1S/C19H18F3NO2S/c1-13-2-9-17(10-3-13)26(24,25)23-18-11-6-15(18)12-14-4-7-16(8-5-14)19(20,21)22/h2-5,7-10,12,18,23H,6,11H2,1H3/b15-12+/t18-/m0/s1. The maximum atomic E-state index is 12.6. The van der Waals surface area contributed by atoms with Crippen LogP contribution < -0.4 is 4.72 Å². The van der Waals surface area contributed by atoms with Gasteiger partial charge in [-0.2, -0.15) is 13.2 Å². The summed E-state index contributed by atoms with van der Waals surface area (Å²) in [6.07, 6.45) is -1.25. The molecule has 7 heteroatoms. The smallest absolute Gasteiger partial charge is 0.207 e. The van der Waals surface area contributed by atoms with E-state index < -0.39 is 21.8 Å². The average molecular weight is 381 g/mol. The highest BCUT2D eigenvalue weighted by Crippen LogP contribution is 2.32. The summed E-state index contributed by atoms with van der Waals surface area (Å²) in [6.45, 7) is 1.88. The average Bonchev–Trinajstić information content (AvgIpc) is 2.57. The predicted molar refractivity (Wildman–Crippen MR) is 93.9 cm³/mol. The number of sulfonamides is 1. The maximum absolute atomic E-state index is 12.6. The van der Waals surface area contributed by atoms with E-state index in [0.29, 0.717) is 18.4 Å². The van der Waals surface area contributed by atoms with Gasteiger partial charge in [-0.1, -0.05) is 41.5 Å². The summed E-state index contributed by atoms with van der Waals surface area (Å²) in [6, 6.07) is 11.1. The summed E-state index contributed by atoms with van der Waals surface area (Å²) >= 11 is 0. The van der Waals surface area contributed by atoms with Gasteiger partial charge in [0.25, 0.3) is 0 Å². The quantitative estimate of drug-likeness (QED) is 0.845. The molecule has 2 aromatic carbocycles. The lowest BCUT2D eigenvalue weighted by atomic mass is 9.85. The summed E-state index contributed by atoms with van der Waals surface area (Å²) in [5.41, 5.74) is 1.74. The first-order valence-electron chi connectivity index (χ1n) is 8.12. The van der Waals surface area contributed by atoms with E-state index >= 15 is 0 Å². The zero-order chi connectivity index (χ0) is 18.9. The van der Waals surface area contributed by atoms with Gasteiger partial charge in [-0.25, -0.2) is 13.1 Å². The van der Waals surface area contributed by atoms with Gasteiger partial charge < -0.3 is 0 Å². The van der Waals surface area contributed by atoms with Crippen molar-refractivity contribution in [3.8, 4) is 0 Å². The van der Waals surface area contributed by atoms with Crippen LogP contribution in [0.15, 0.2) is 59.0 Å². The predicted octanol–water partition coefficient (Wildman–Crippen LogP) is 4.54. The molecule has 1 N–H and O–H groups in total. The van der Waals surface area contributed by atoms with Gasteiger partial charge in [-0.15, -0.1) is 0 Å². The van der Waals surface area contributed by atoms with Crippen LogP contribution in [0.3, 0.4) is 0 Å². The third-order valence-corrected chi connectivity index (χ3v) is 5.88. The molecule has 0 unspecified atom stereocenters. The zero-order valence-corrected chi connectivity index (χ0v) is 14.9. The van der Waals surface area contributed by atoms with E-state index in [9.17, 15) is 21.6 Å². The highest BCUT2D eigenvalue weighted by atomic mass is 32.2. The van der Waals surface area contributed by atoms with Crippen molar-refractivity contribution in [3.63, 3.8) is 0 Å². The minimum absolute atomic E-state index is 0.198. The monoisotopic (exact) mass is 381 g/mol. The molecule has 0 aromatic heterocycles. The molecule has 2 aromatic rings. The summed E-state index contributed by atoms with van der Waals surface area (Å²) in [4.78, 5) is 0.198. The van der Waals surface area contributed by atoms with Crippen molar-refractivity contribution in [2.24, 2.45) is 0 Å². The van der Waals surface area contributed by atoms with E-state index in [-0.39, 0.29) is 10.9 Å². The first-order chi connectivity index (χ1) is 12.1. The Labute approximate surface area is 150 Å². The van der Waals surface area contributed by atoms with Crippen LogP contribution in [0.1, 0.15) is 29.5 Å². The van der Waals surface area contributed by atoms with Crippen molar-refractivity contribution in [2.75, 3.05) is 0 Å². The fraction of sp³-hybridized carbons (Fsp3) is 0.263. The molecule has 3 nitrogen and oxygen atoms in total. The number of benzene rings is 2. The molecular formula is C19H18F3NO2S. The maximum Gasteiger partial charge on any atom is 0.416 e. The second-order valence-corrected chi connectivity index (χ2v) is 8.08. The minimum Gasteiger partial charge on any atom is -0.207 e. The molecule has 0 aliphatic heterocycles. The molecule has 26 heavy (non-hydrogen) atoms. The second kappa shape index (κ2) is 6.89. The van der Waals surface area contributed by atoms with Crippen molar-refractivity contribution < 1.29 is 21.6 Å². The van der Waals surface area contributed by atoms with Gasteiger partial charge in [-0.3, -0.25) is 0 Å². The SMILES string of the molecule is Cc1ccc(S(=O)(=O)N[C@H]2CC/C2=C\c2ccc(C(F)(F)F)cc2)cc1. The van der Waals surface area contributed by atoms with E-state index in [0.717, 1.165) is 23.3 Å². The van der Waals surface area contributed by atoms with Crippen molar-refractivity contribution in [2.45, 2.75) is 36.9 Å². The number of hydrogen-bond acceptors (Lipinski definition) is 2. The van der Waals surface area contributed by atoms with Crippen LogP contribution in [-0.2, 0) is 16.2 Å². The normalized spacial score (nSPS) is 19.4. The fourth-order valence-electron chi connectivity index (χ4n) is 2.72. The van der Waals surface area contributed by atoms with E-state index in [1.165, 1.54) is 12.1 Å². The highest BCUT2D eigenvalue weighted by molar-refractivity contribution is 7.89. The Hall–Kier alpha value is -2.12. The Kier molecular flexibility index (Phi) is 4.94. The third-order valence-electron chi connectivity index (χ3n) is 4.39. The number of aryl methyl sites for hydroxylation is 1. The van der Waals surface area contributed by atoms with E-state index in [2.05, 4.69) is 4.72 Å². The van der Waals surface area contributed by atoms with Crippen LogP contribution in [0.4, 0.5) is 13.2 Å². The topological polar surface area (TPSA) is 46.2 Å². The molecule has 1 atom stereocenters. The largest absolute Gasteiger partial charge is 0.416 e. The first kappa shape index (κ1) is 18.7. The molecule has 1 aliphatic rings. The van der Waals surface area contributed by atoms with Crippen LogP contribution in [-0.4, -0.2) is 14.5 Å². The Morgan fingerprint density at radius 2 is 1.65 bits per heavy atom. The van der Waals surface area contributed by atoms with Crippen LogP contribution in [0.5, 0.6) is 0 Å². The Balaban J connectivity index is 1.73. The van der Waals surface area contributed by atoms with Gasteiger partial charge in [0.2, 0.25) is 10.0 Å². The lowest BCUT2D eigenvalue weighted by molar-refractivity contribution is -0.137. The van der Waals surface area contributed by atoms with Crippen LogP contribution >= 0.6 is 0 Å². The summed E-state index contributed by atoms with van der Waals surface area (Å²) < 4.78 is 65.3. The molecule has 1 fully saturated rings. The number of hydrogen-bond donors (Lipinski definition) is 1. The zero-order valence-electron chi connectivity index (χ0n) is 14.0. The summed E-state index contributed by atoms with van der Waals surface area (Å²) in [5, 5.41) is 0. The molecule has 0 radical (unpaired) electrons. The lowest BCUT2D eigenvalue weighted by Gasteiger charge is -2.30. The number of nitrogens with one attached hydrogen (secondary N) is 1. The molecule has 0 amide bonds. The third kappa shape index (κ3) is 4.16. The molecule has 3 rings (SSSR count). The summed E-state index contributed by atoms with van der Waals surface area (Å²) in [7, 11) is -3.63. The van der Waals surface area contributed by atoms with Crippen LogP contribution in [0.2, 0.25) is 0 Å². The molecule has 0 heterocycles. The fourth-order valence-corrected chi connectivity index (χ4v) is 3.99. The molecule has 138 valence electrons. The summed E-state index contributed by atoms with van der Waals surface area (Å²) in [5.74, 6) is 0. The number of halogens is 3. The van der Waals surface area contributed by atoms with Gasteiger partial charge in [0.05, 0.1) is 10.5 Å². The van der Waals surface area contributed by atoms with Crippen molar-refractivity contribution in [1.82, 2.24) is 4.72 Å². The second-order valence-electron chi connectivity index (χ2n) is 6.36. The van der Waals surface area contributed by atoms with Gasteiger partial charge in [0.15, 0.2) is 0 Å². The number of alkyl halides is 3. The van der Waals surface area contributed by atoms with Crippen LogP contribution in [0.25, 0.3) is 6.08 Å². The lowest BCUT2D eigenvalue weighted by Crippen LogP contribution is -2.41. The Morgan fingerprint density at radius 1 is 1.04 bits per heavy atom. The molecule has 0 spiro atoms. The molecule has 0 saturated heterocycles. The van der Waals surface area contributed by atoms with Gasteiger partial charge in [-0.05, 0) is 49.6 Å². The van der Waals surface area contributed by atoms with Gasteiger partial charge in [0.1, 0.15) is 0 Å². The molecule has 1 aliphatic carbocycles. The van der Waals surface area contributed by atoms with Gasteiger partial charge >= 0.3 is 6.18 Å². The Bertz CT molecular complexity index is 915. The number of rotatable bonds is 4. The minimum atomic E-state index is -4.37. The molecule has 0 bridgehead atoms. The van der Waals surface area contributed by atoms with E-state index in [1.54, 1.807) is 30.3 Å². The molecular weight excluding hydrogens is 363 g/mol. The highest BCUT2D eigenvalue weighted by Gasteiger charge is 2.31. The van der Waals surface area contributed by atoms with Crippen molar-refractivity contribution in [1.29, 1.82) is 0 Å². The Morgan fingerprint density at radius 3 is 2.15 bits per heavy atom. The first-order valence-corrected chi connectivity index (χ1v) is 9.60. The van der Waals surface area contributed by atoms with Crippen molar-refractivity contribution >= 4 is 16.1 Å². The van der Waals surface area contributed by atoms with Crippen molar-refractivity contribution in [3.05, 3.63) is 70.8 Å². The van der Waals surface area contributed by atoms with Gasteiger partial charge in [0, 0.05) is 6.04 Å². The molecule has 1 saturated carbocycles. The van der Waals surface area contributed by atoms with Crippen LogP contribution in [0, 0.1) is 6.92 Å². The van der Waals surface area contributed by atoms with E-state index in [1.807, 2.05) is 6.92 Å². The van der Waals surface area contributed by atoms with E-state index in [4.69, 9.17) is 0 Å².